The summed E-state index contributed by atoms with van der Waals surface area (Å²) in [4.78, 5) is 0. The van der Waals surface area contributed by atoms with Crippen LogP contribution in [0.1, 0.15) is 32.6 Å². The number of hydrogen-bond donors (Lipinski definition) is 1. The lowest BCUT2D eigenvalue weighted by Crippen LogP contribution is -2.42. The second-order valence-corrected chi connectivity index (χ2v) is 4.37. The van der Waals surface area contributed by atoms with Gasteiger partial charge >= 0.3 is 0 Å². The Morgan fingerprint density at radius 2 is 2.14 bits per heavy atom. The van der Waals surface area contributed by atoms with Crippen LogP contribution in [0.2, 0.25) is 0 Å². The summed E-state index contributed by atoms with van der Waals surface area (Å²) >= 11 is 0. The third-order valence-corrected chi connectivity index (χ3v) is 3.36. The van der Waals surface area contributed by atoms with Crippen LogP contribution < -0.4 is 5.32 Å². The first kappa shape index (κ1) is 10.4. The van der Waals surface area contributed by atoms with Gasteiger partial charge in [0.25, 0.3) is 0 Å². The Labute approximate surface area is 86.2 Å². The summed E-state index contributed by atoms with van der Waals surface area (Å²) in [5.74, 6) is 0. The summed E-state index contributed by atoms with van der Waals surface area (Å²) in [6, 6.07) is 0. The van der Waals surface area contributed by atoms with Crippen molar-refractivity contribution in [2.45, 2.75) is 44.3 Å². The largest absolute Gasteiger partial charge is 0.379 e. The Kier molecular flexibility index (Phi) is 3.42. The molecule has 0 amide bonds. The quantitative estimate of drug-likeness (QED) is 0.743. The normalized spacial score (nSPS) is 31.1. The van der Waals surface area contributed by atoms with Crippen LogP contribution in [0.3, 0.4) is 0 Å². The maximum atomic E-state index is 6.13. The van der Waals surface area contributed by atoms with Gasteiger partial charge in [0.2, 0.25) is 0 Å². The van der Waals surface area contributed by atoms with E-state index in [0.29, 0.717) is 6.10 Å². The molecule has 2 fully saturated rings. The van der Waals surface area contributed by atoms with E-state index in [4.69, 9.17) is 9.47 Å². The predicted molar refractivity (Wildman–Crippen MR) is 55.4 cm³/mol. The van der Waals surface area contributed by atoms with Gasteiger partial charge in [0, 0.05) is 6.61 Å². The lowest BCUT2D eigenvalue weighted by Gasteiger charge is -2.33. The molecule has 2 aliphatic heterocycles. The highest BCUT2D eigenvalue weighted by atomic mass is 16.5. The van der Waals surface area contributed by atoms with Crippen LogP contribution in [0.25, 0.3) is 0 Å². The van der Waals surface area contributed by atoms with Crippen LogP contribution in [0, 0.1) is 0 Å². The standard InChI is InChI=1S/C11H21NO2/c1-2-13-9-10-3-4-11(14-10)5-7-12-8-6-11/h10,12H,2-9H2,1H3. The minimum absolute atomic E-state index is 0.201. The summed E-state index contributed by atoms with van der Waals surface area (Å²) in [6.45, 7) is 5.85. The van der Waals surface area contributed by atoms with Gasteiger partial charge in [-0.05, 0) is 45.7 Å². The van der Waals surface area contributed by atoms with Gasteiger partial charge < -0.3 is 14.8 Å². The molecular formula is C11H21NO2. The van der Waals surface area contributed by atoms with Crippen molar-refractivity contribution in [3.63, 3.8) is 0 Å². The zero-order valence-corrected chi connectivity index (χ0v) is 9.05. The summed E-state index contributed by atoms with van der Waals surface area (Å²) in [7, 11) is 0. The Balaban J connectivity index is 1.80. The third kappa shape index (κ3) is 2.27. The fourth-order valence-corrected chi connectivity index (χ4v) is 2.51. The average Bonchev–Trinajstić information content (AvgIpc) is 2.60. The second kappa shape index (κ2) is 4.60. The molecule has 0 radical (unpaired) electrons. The highest BCUT2D eigenvalue weighted by Crippen LogP contribution is 2.37. The minimum atomic E-state index is 0.201. The smallest absolute Gasteiger partial charge is 0.0817 e. The molecule has 0 aromatic heterocycles. The lowest BCUT2D eigenvalue weighted by atomic mass is 9.89. The zero-order valence-electron chi connectivity index (χ0n) is 9.05. The Morgan fingerprint density at radius 3 is 2.86 bits per heavy atom. The predicted octanol–water partition coefficient (Wildman–Crippen LogP) is 1.32. The van der Waals surface area contributed by atoms with E-state index < -0.39 is 0 Å². The van der Waals surface area contributed by atoms with Crippen molar-refractivity contribution in [3.05, 3.63) is 0 Å². The fraction of sp³-hybridized carbons (Fsp3) is 1.00. The van der Waals surface area contributed by atoms with Crippen molar-refractivity contribution in [3.8, 4) is 0 Å². The fourth-order valence-electron chi connectivity index (χ4n) is 2.51. The van der Waals surface area contributed by atoms with E-state index >= 15 is 0 Å². The number of ether oxygens (including phenoxy) is 2. The van der Waals surface area contributed by atoms with Crippen molar-refractivity contribution < 1.29 is 9.47 Å². The maximum absolute atomic E-state index is 6.13. The molecule has 0 saturated carbocycles. The van der Waals surface area contributed by atoms with Gasteiger partial charge in [-0.25, -0.2) is 0 Å². The number of piperidine rings is 1. The summed E-state index contributed by atoms with van der Waals surface area (Å²) in [5.41, 5.74) is 0.201. The molecule has 1 N–H and O–H groups in total. The average molecular weight is 199 g/mol. The van der Waals surface area contributed by atoms with Crippen molar-refractivity contribution in [1.29, 1.82) is 0 Å². The lowest BCUT2D eigenvalue weighted by molar-refractivity contribution is -0.0835. The first-order chi connectivity index (χ1) is 6.85. The van der Waals surface area contributed by atoms with E-state index in [-0.39, 0.29) is 5.60 Å². The first-order valence-electron chi connectivity index (χ1n) is 5.81. The van der Waals surface area contributed by atoms with Crippen LogP contribution >= 0.6 is 0 Å². The van der Waals surface area contributed by atoms with E-state index in [1.54, 1.807) is 0 Å². The Morgan fingerprint density at radius 1 is 1.36 bits per heavy atom. The first-order valence-corrected chi connectivity index (χ1v) is 5.81. The summed E-state index contributed by atoms with van der Waals surface area (Å²) < 4.78 is 11.5. The van der Waals surface area contributed by atoms with E-state index in [1.165, 1.54) is 25.7 Å². The molecule has 0 bridgehead atoms. The van der Waals surface area contributed by atoms with Crippen molar-refractivity contribution in [2.75, 3.05) is 26.3 Å². The van der Waals surface area contributed by atoms with Gasteiger partial charge in [0.1, 0.15) is 0 Å². The highest BCUT2D eigenvalue weighted by Gasteiger charge is 2.40. The van der Waals surface area contributed by atoms with Gasteiger partial charge in [-0.15, -0.1) is 0 Å². The zero-order chi connectivity index (χ0) is 9.86. The van der Waals surface area contributed by atoms with E-state index in [1.807, 2.05) is 6.92 Å². The van der Waals surface area contributed by atoms with Gasteiger partial charge in [-0.3, -0.25) is 0 Å². The number of hydrogen-bond acceptors (Lipinski definition) is 3. The number of nitrogens with one attached hydrogen (secondary N) is 1. The van der Waals surface area contributed by atoms with E-state index in [9.17, 15) is 0 Å². The molecule has 0 aliphatic carbocycles. The van der Waals surface area contributed by atoms with Crippen molar-refractivity contribution in [1.82, 2.24) is 5.32 Å². The van der Waals surface area contributed by atoms with Crippen LogP contribution in [0.15, 0.2) is 0 Å². The molecule has 3 nitrogen and oxygen atoms in total. The SMILES string of the molecule is CCOCC1CCC2(CCNCC2)O1. The number of rotatable bonds is 3. The molecule has 2 saturated heterocycles. The van der Waals surface area contributed by atoms with Crippen LogP contribution in [-0.4, -0.2) is 38.0 Å². The molecule has 2 aliphatic rings. The molecule has 0 aromatic rings. The van der Waals surface area contributed by atoms with Gasteiger partial charge in [-0.1, -0.05) is 0 Å². The second-order valence-electron chi connectivity index (χ2n) is 4.37. The molecule has 2 rings (SSSR count). The maximum Gasteiger partial charge on any atom is 0.0817 e. The molecule has 0 aromatic carbocycles. The molecule has 1 unspecified atom stereocenters. The molecule has 3 heteroatoms. The van der Waals surface area contributed by atoms with Gasteiger partial charge in [0.15, 0.2) is 0 Å². The highest BCUT2D eigenvalue weighted by molar-refractivity contribution is 4.92. The third-order valence-electron chi connectivity index (χ3n) is 3.36. The van der Waals surface area contributed by atoms with Crippen LogP contribution in [0.4, 0.5) is 0 Å². The van der Waals surface area contributed by atoms with Crippen molar-refractivity contribution in [2.24, 2.45) is 0 Å². The molecule has 82 valence electrons. The molecular weight excluding hydrogens is 178 g/mol. The van der Waals surface area contributed by atoms with Gasteiger partial charge in [-0.2, -0.15) is 0 Å². The van der Waals surface area contributed by atoms with Crippen molar-refractivity contribution >= 4 is 0 Å². The minimum Gasteiger partial charge on any atom is -0.379 e. The van der Waals surface area contributed by atoms with Crippen LogP contribution in [0.5, 0.6) is 0 Å². The Bertz CT molecular complexity index is 178. The summed E-state index contributed by atoms with van der Waals surface area (Å²) in [5, 5.41) is 3.38. The Hall–Kier alpha value is -0.120. The summed E-state index contributed by atoms with van der Waals surface area (Å²) in [6.07, 6.45) is 5.12. The molecule has 1 spiro atoms. The molecule has 14 heavy (non-hydrogen) atoms. The molecule has 1 atom stereocenters. The van der Waals surface area contributed by atoms with E-state index in [0.717, 1.165) is 26.3 Å². The van der Waals surface area contributed by atoms with Gasteiger partial charge in [0.05, 0.1) is 18.3 Å². The van der Waals surface area contributed by atoms with Crippen LogP contribution in [-0.2, 0) is 9.47 Å². The monoisotopic (exact) mass is 199 g/mol. The molecule has 2 heterocycles. The van der Waals surface area contributed by atoms with E-state index in [2.05, 4.69) is 5.32 Å². The topological polar surface area (TPSA) is 30.5 Å².